The van der Waals surface area contributed by atoms with Crippen LogP contribution in [0, 0.1) is 0 Å². The van der Waals surface area contributed by atoms with Crippen molar-refractivity contribution in [3.05, 3.63) is 58.9 Å². The molecule has 0 fully saturated rings. The van der Waals surface area contributed by atoms with Gasteiger partial charge in [0.25, 0.3) is 5.91 Å². The SMILES string of the molecule is NC(=O)c1cc(COc2ccc3c(c2)CC(N)CC3)ccn1. The lowest BCUT2D eigenvalue weighted by Gasteiger charge is -2.22. The van der Waals surface area contributed by atoms with Crippen molar-refractivity contribution in [3.63, 3.8) is 0 Å². The monoisotopic (exact) mass is 297 g/mol. The molecule has 1 aromatic carbocycles. The molecule has 1 amide bonds. The number of carbonyl (C=O) groups excluding carboxylic acids is 1. The smallest absolute Gasteiger partial charge is 0.267 e. The van der Waals surface area contributed by atoms with Crippen molar-refractivity contribution in [2.24, 2.45) is 11.5 Å². The van der Waals surface area contributed by atoms with Crippen molar-refractivity contribution < 1.29 is 9.53 Å². The molecule has 0 aliphatic heterocycles. The molecule has 1 unspecified atom stereocenters. The van der Waals surface area contributed by atoms with Gasteiger partial charge in [0.05, 0.1) is 0 Å². The molecule has 1 heterocycles. The predicted molar refractivity (Wildman–Crippen MR) is 83.5 cm³/mol. The molecule has 4 N–H and O–H groups in total. The molecule has 114 valence electrons. The fourth-order valence-electron chi connectivity index (χ4n) is 2.72. The molecule has 1 aromatic heterocycles. The molecule has 0 radical (unpaired) electrons. The molecule has 0 saturated carbocycles. The number of hydrogen-bond donors (Lipinski definition) is 2. The quantitative estimate of drug-likeness (QED) is 0.896. The number of nitrogens with two attached hydrogens (primary N) is 2. The normalized spacial score (nSPS) is 16.9. The van der Waals surface area contributed by atoms with Gasteiger partial charge in [0, 0.05) is 12.2 Å². The van der Waals surface area contributed by atoms with E-state index in [2.05, 4.69) is 17.1 Å². The van der Waals surface area contributed by atoms with Crippen LogP contribution in [0.5, 0.6) is 5.75 Å². The maximum atomic E-state index is 11.1. The number of primary amides is 1. The highest BCUT2D eigenvalue weighted by molar-refractivity contribution is 5.90. The summed E-state index contributed by atoms with van der Waals surface area (Å²) in [5.41, 5.74) is 15.0. The Hall–Kier alpha value is -2.40. The van der Waals surface area contributed by atoms with Crippen LogP contribution < -0.4 is 16.2 Å². The molecule has 3 rings (SSSR count). The highest BCUT2D eigenvalue weighted by atomic mass is 16.5. The lowest BCUT2D eigenvalue weighted by molar-refractivity contribution is 0.0995. The highest BCUT2D eigenvalue weighted by Crippen LogP contribution is 2.25. The van der Waals surface area contributed by atoms with E-state index in [1.165, 1.54) is 11.1 Å². The summed E-state index contributed by atoms with van der Waals surface area (Å²) in [6.45, 7) is 0.369. The molecule has 2 aromatic rings. The van der Waals surface area contributed by atoms with Gasteiger partial charge in [-0.05, 0) is 60.2 Å². The van der Waals surface area contributed by atoms with Crippen LogP contribution in [-0.4, -0.2) is 16.9 Å². The van der Waals surface area contributed by atoms with Crippen molar-refractivity contribution in [2.45, 2.75) is 31.9 Å². The summed E-state index contributed by atoms with van der Waals surface area (Å²) in [5.74, 6) is 0.273. The lowest BCUT2D eigenvalue weighted by Crippen LogP contribution is -2.27. The minimum Gasteiger partial charge on any atom is -0.489 e. The first-order chi connectivity index (χ1) is 10.6. The van der Waals surface area contributed by atoms with E-state index >= 15 is 0 Å². The summed E-state index contributed by atoms with van der Waals surface area (Å²) in [7, 11) is 0. The number of hydrogen-bond acceptors (Lipinski definition) is 4. The van der Waals surface area contributed by atoms with Crippen molar-refractivity contribution >= 4 is 5.91 Å². The molecule has 0 spiro atoms. The van der Waals surface area contributed by atoms with E-state index in [1.54, 1.807) is 18.3 Å². The summed E-state index contributed by atoms with van der Waals surface area (Å²) in [6.07, 6.45) is 4.53. The number of aromatic nitrogens is 1. The van der Waals surface area contributed by atoms with Crippen molar-refractivity contribution in [1.29, 1.82) is 0 Å². The van der Waals surface area contributed by atoms with E-state index < -0.39 is 5.91 Å². The number of rotatable bonds is 4. The zero-order chi connectivity index (χ0) is 15.5. The lowest BCUT2D eigenvalue weighted by atomic mass is 9.89. The third kappa shape index (κ3) is 3.26. The second-order valence-electron chi connectivity index (χ2n) is 5.64. The molecule has 1 aliphatic rings. The Kier molecular flexibility index (Phi) is 4.06. The van der Waals surface area contributed by atoms with E-state index in [0.717, 1.165) is 30.6 Å². The van der Waals surface area contributed by atoms with Gasteiger partial charge >= 0.3 is 0 Å². The first kappa shape index (κ1) is 14.5. The van der Waals surface area contributed by atoms with Gasteiger partial charge in [-0.15, -0.1) is 0 Å². The third-order valence-electron chi connectivity index (χ3n) is 3.93. The first-order valence-corrected chi connectivity index (χ1v) is 7.37. The summed E-state index contributed by atoms with van der Waals surface area (Å²) >= 11 is 0. The minimum atomic E-state index is -0.537. The molecule has 5 nitrogen and oxygen atoms in total. The van der Waals surface area contributed by atoms with Crippen LogP contribution in [0.1, 0.15) is 33.6 Å². The second kappa shape index (κ2) is 6.15. The minimum absolute atomic E-state index is 0.237. The summed E-state index contributed by atoms with van der Waals surface area (Å²) in [5, 5.41) is 0. The van der Waals surface area contributed by atoms with E-state index in [9.17, 15) is 4.79 Å². The number of pyridine rings is 1. The fraction of sp³-hybridized carbons (Fsp3) is 0.294. The van der Waals surface area contributed by atoms with Crippen LogP contribution in [0.4, 0.5) is 0 Å². The zero-order valence-corrected chi connectivity index (χ0v) is 12.3. The van der Waals surface area contributed by atoms with Crippen LogP contribution in [0.2, 0.25) is 0 Å². The molecular weight excluding hydrogens is 278 g/mol. The van der Waals surface area contributed by atoms with Gasteiger partial charge in [0.1, 0.15) is 18.1 Å². The van der Waals surface area contributed by atoms with Crippen molar-refractivity contribution in [3.8, 4) is 5.75 Å². The number of fused-ring (bicyclic) bond motifs is 1. The Balaban J connectivity index is 1.70. The Morgan fingerprint density at radius 1 is 1.27 bits per heavy atom. The molecule has 0 saturated heterocycles. The standard InChI is InChI=1S/C17H19N3O2/c18-14-3-1-12-2-4-15(9-13(12)8-14)22-10-11-5-6-20-16(7-11)17(19)21/h2,4-7,9,14H,1,3,8,10,18H2,(H2,19,21). The van der Waals surface area contributed by atoms with Crippen LogP contribution in [-0.2, 0) is 19.4 Å². The Labute approximate surface area is 129 Å². The van der Waals surface area contributed by atoms with Crippen LogP contribution >= 0.6 is 0 Å². The average Bonchev–Trinajstić information content (AvgIpc) is 2.52. The van der Waals surface area contributed by atoms with Gasteiger partial charge < -0.3 is 16.2 Å². The van der Waals surface area contributed by atoms with E-state index in [4.69, 9.17) is 16.2 Å². The number of amides is 1. The molecule has 1 atom stereocenters. The second-order valence-corrected chi connectivity index (χ2v) is 5.64. The largest absolute Gasteiger partial charge is 0.489 e. The number of aryl methyl sites for hydroxylation is 1. The molecular formula is C17H19N3O2. The van der Waals surface area contributed by atoms with E-state index in [-0.39, 0.29) is 11.7 Å². The van der Waals surface area contributed by atoms with Gasteiger partial charge in [-0.1, -0.05) is 6.07 Å². The van der Waals surface area contributed by atoms with Crippen LogP contribution in [0.3, 0.4) is 0 Å². The molecule has 5 heteroatoms. The topological polar surface area (TPSA) is 91.2 Å². The number of nitrogens with zero attached hydrogens (tertiary/aromatic N) is 1. The number of ether oxygens (including phenoxy) is 1. The number of benzene rings is 1. The molecule has 1 aliphatic carbocycles. The van der Waals surface area contributed by atoms with Gasteiger partial charge in [-0.3, -0.25) is 9.78 Å². The van der Waals surface area contributed by atoms with Crippen LogP contribution in [0.25, 0.3) is 0 Å². The van der Waals surface area contributed by atoms with Gasteiger partial charge in [-0.2, -0.15) is 0 Å². The van der Waals surface area contributed by atoms with E-state index in [0.29, 0.717) is 6.61 Å². The van der Waals surface area contributed by atoms with Gasteiger partial charge in [-0.25, -0.2) is 0 Å². The third-order valence-corrected chi connectivity index (χ3v) is 3.93. The van der Waals surface area contributed by atoms with Gasteiger partial charge in [0.2, 0.25) is 0 Å². The Morgan fingerprint density at radius 3 is 2.95 bits per heavy atom. The number of carbonyl (C=O) groups is 1. The fourth-order valence-corrected chi connectivity index (χ4v) is 2.72. The van der Waals surface area contributed by atoms with Gasteiger partial charge in [0.15, 0.2) is 0 Å². The Bertz CT molecular complexity index is 700. The first-order valence-electron chi connectivity index (χ1n) is 7.37. The van der Waals surface area contributed by atoms with Crippen molar-refractivity contribution in [1.82, 2.24) is 4.98 Å². The average molecular weight is 297 g/mol. The maximum Gasteiger partial charge on any atom is 0.267 e. The molecule has 22 heavy (non-hydrogen) atoms. The van der Waals surface area contributed by atoms with E-state index in [1.807, 2.05) is 6.07 Å². The molecule has 0 bridgehead atoms. The van der Waals surface area contributed by atoms with Crippen molar-refractivity contribution in [2.75, 3.05) is 0 Å². The summed E-state index contributed by atoms with van der Waals surface area (Å²) < 4.78 is 5.81. The summed E-state index contributed by atoms with van der Waals surface area (Å²) in [6, 6.07) is 9.84. The van der Waals surface area contributed by atoms with Crippen LogP contribution in [0.15, 0.2) is 36.5 Å². The maximum absolute atomic E-state index is 11.1. The summed E-state index contributed by atoms with van der Waals surface area (Å²) in [4.78, 5) is 15.0. The predicted octanol–water partition coefficient (Wildman–Crippen LogP) is 1.58. The zero-order valence-electron chi connectivity index (χ0n) is 12.3. The Morgan fingerprint density at radius 2 is 2.14 bits per heavy atom. The highest BCUT2D eigenvalue weighted by Gasteiger charge is 2.15.